The van der Waals surface area contributed by atoms with Crippen LogP contribution in [0.15, 0.2) is 30.3 Å². The van der Waals surface area contributed by atoms with Gasteiger partial charge in [0.2, 0.25) is 0 Å². The molecule has 1 aromatic rings. The summed E-state index contributed by atoms with van der Waals surface area (Å²) in [4.78, 5) is 22.7. The number of hydrogen-bond acceptors (Lipinski definition) is 3. The molecule has 0 spiro atoms. The van der Waals surface area contributed by atoms with Gasteiger partial charge in [0.15, 0.2) is 0 Å². The highest BCUT2D eigenvalue weighted by molar-refractivity contribution is 6.89. The third kappa shape index (κ3) is 12.5. The van der Waals surface area contributed by atoms with Gasteiger partial charge in [-0.25, -0.2) is 4.79 Å². The van der Waals surface area contributed by atoms with Crippen molar-refractivity contribution in [3.8, 4) is 0 Å². The second-order valence-corrected chi connectivity index (χ2v) is 16.1. The summed E-state index contributed by atoms with van der Waals surface area (Å²) < 4.78 is 0. The number of rotatable bonds is 14. The van der Waals surface area contributed by atoms with E-state index in [0.29, 0.717) is 11.8 Å². The standard InChI is InChI=1S/C26H46O3Si/c1-25(2,3)20-16-11-9-8-10-15-19-24(27)28-29-26(4,5)21-22-30(6,7)23-17-13-12-14-18-23/h12-14,17-18H,8-11,15-16,19-22H2,1-7H3. The Kier molecular flexibility index (Phi) is 11.3. The topological polar surface area (TPSA) is 35.5 Å². The molecule has 0 aliphatic rings. The van der Waals surface area contributed by atoms with Crippen LogP contribution in [-0.4, -0.2) is 19.6 Å². The third-order valence-corrected chi connectivity index (χ3v) is 9.22. The van der Waals surface area contributed by atoms with Crippen LogP contribution in [0.25, 0.3) is 0 Å². The van der Waals surface area contributed by atoms with Gasteiger partial charge < -0.3 is 0 Å². The first-order valence-electron chi connectivity index (χ1n) is 11.9. The van der Waals surface area contributed by atoms with Crippen molar-refractivity contribution in [1.29, 1.82) is 0 Å². The van der Waals surface area contributed by atoms with Gasteiger partial charge in [-0.1, -0.05) is 108 Å². The van der Waals surface area contributed by atoms with Gasteiger partial charge >= 0.3 is 5.97 Å². The van der Waals surface area contributed by atoms with Crippen LogP contribution in [0.2, 0.25) is 19.1 Å². The van der Waals surface area contributed by atoms with Crippen LogP contribution in [0.4, 0.5) is 0 Å². The maximum atomic E-state index is 12.0. The van der Waals surface area contributed by atoms with E-state index in [1.165, 1.54) is 37.3 Å². The fourth-order valence-electron chi connectivity index (χ4n) is 3.52. The average molecular weight is 435 g/mol. The molecular formula is C26H46O3Si. The summed E-state index contributed by atoms with van der Waals surface area (Å²) >= 11 is 0. The van der Waals surface area contributed by atoms with Crippen LogP contribution in [0.3, 0.4) is 0 Å². The number of unbranched alkanes of at least 4 members (excludes halogenated alkanes) is 5. The Morgan fingerprint density at radius 3 is 2.00 bits per heavy atom. The Bertz CT molecular complexity index is 602. The molecule has 0 unspecified atom stereocenters. The van der Waals surface area contributed by atoms with Crippen LogP contribution >= 0.6 is 0 Å². The molecule has 0 radical (unpaired) electrons. The van der Waals surface area contributed by atoms with E-state index in [4.69, 9.17) is 9.78 Å². The molecular weight excluding hydrogens is 388 g/mol. The lowest BCUT2D eigenvalue weighted by Gasteiger charge is -2.29. The molecule has 0 heterocycles. The molecule has 0 fully saturated rings. The van der Waals surface area contributed by atoms with E-state index in [0.717, 1.165) is 25.3 Å². The van der Waals surface area contributed by atoms with Gasteiger partial charge in [-0.3, -0.25) is 4.89 Å². The molecule has 0 atom stereocenters. The van der Waals surface area contributed by atoms with E-state index in [9.17, 15) is 4.79 Å². The summed E-state index contributed by atoms with van der Waals surface area (Å²) in [6.07, 6.45) is 9.64. The average Bonchev–Trinajstić information content (AvgIpc) is 2.67. The monoisotopic (exact) mass is 434 g/mol. The quantitative estimate of drug-likeness (QED) is 0.132. The van der Waals surface area contributed by atoms with Crippen LogP contribution in [0, 0.1) is 5.41 Å². The Hall–Kier alpha value is -1.13. The molecule has 3 nitrogen and oxygen atoms in total. The third-order valence-electron chi connectivity index (χ3n) is 5.83. The molecule has 1 rings (SSSR count). The molecule has 0 saturated heterocycles. The lowest BCUT2D eigenvalue weighted by Crippen LogP contribution is -2.43. The highest BCUT2D eigenvalue weighted by Gasteiger charge is 2.29. The van der Waals surface area contributed by atoms with Crippen molar-refractivity contribution in [3.63, 3.8) is 0 Å². The summed E-state index contributed by atoms with van der Waals surface area (Å²) in [5.41, 5.74) is -0.0151. The summed E-state index contributed by atoms with van der Waals surface area (Å²) in [6, 6.07) is 11.8. The molecule has 0 amide bonds. The van der Waals surface area contributed by atoms with E-state index < -0.39 is 13.7 Å². The van der Waals surface area contributed by atoms with Crippen molar-refractivity contribution >= 4 is 19.2 Å². The minimum Gasteiger partial charge on any atom is -0.298 e. The van der Waals surface area contributed by atoms with Crippen molar-refractivity contribution in [2.24, 2.45) is 5.41 Å². The summed E-state index contributed by atoms with van der Waals surface area (Å²) in [7, 11) is -1.52. The van der Waals surface area contributed by atoms with Gasteiger partial charge in [0.25, 0.3) is 0 Å². The second-order valence-electron chi connectivity index (χ2n) is 11.2. The van der Waals surface area contributed by atoms with Crippen molar-refractivity contribution in [2.45, 2.75) is 117 Å². The Morgan fingerprint density at radius 2 is 1.40 bits per heavy atom. The normalized spacial score (nSPS) is 12.8. The largest absolute Gasteiger partial charge is 0.342 e. The lowest BCUT2D eigenvalue weighted by atomic mass is 9.89. The van der Waals surface area contributed by atoms with Crippen LogP contribution in [0.1, 0.15) is 92.4 Å². The maximum absolute atomic E-state index is 12.0. The van der Waals surface area contributed by atoms with Gasteiger partial charge in [-0.15, -0.1) is 0 Å². The first-order chi connectivity index (χ1) is 13.9. The Labute approximate surface area is 186 Å². The van der Waals surface area contributed by atoms with Crippen LogP contribution in [-0.2, 0) is 14.6 Å². The summed E-state index contributed by atoms with van der Waals surface area (Å²) in [6.45, 7) is 15.7. The molecule has 0 aliphatic heterocycles. The first kappa shape index (κ1) is 26.9. The predicted octanol–water partition coefficient (Wildman–Crippen LogP) is 7.41. The van der Waals surface area contributed by atoms with Gasteiger partial charge in [-0.2, -0.15) is 4.89 Å². The van der Waals surface area contributed by atoms with E-state index in [1.54, 1.807) is 0 Å². The highest BCUT2D eigenvalue weighted by atomic mass is 28.3. The van der Waals surface area contributed by atoms with Crippen LogP contribution < -0.4 is 5.19 Å². The lowest BCUT2D eigenvalue weighted by molar-refractivity contribution is -0.325. The van der Waals surface area contributed by atoms with E-state index in [2.05, 4.69) is 64.2 Å². The molecule has 30 heavy (non-hydrogen) atoms. The van der Waals surface area contributed by atoms with E-state index in [1.807, 2.05) is 13.8 Å². The summed E-state index contributed by atoms with van der Waals surface area (Å²) in [5, 5.41) is 1.45. The van der Waals surface area contributed by atoms with Gasteiger partial charge in [0.05, 0.1) is 8.07 Å². The predicted molar refractivity (Wildman–Crippen MR) is 131 cm³/mol. The zero-order chi connectivity index (χ0) is 22.7. The molecule has 0 N–H and O–H groups in total. The Morgan fingerprint density at radius 1 is 0.833 bits per heavy atom. The number of carbonyl (C=O) groups is 1. The molecule has 0 aliphatic carbocycles. The van der Waals surface area contributed by atoms with Crippen molar-refractivity contribution in [2.75, 3.05) is 0 Å². The zero-order valence-corrected chi connectivity index (χ0v) is 21.7. The number of carbonyl (C=O) groups excluding carboxylic acids is 1. The summed E-state index contributed by atoms with van der Waals surface area (Å²) in [5.74, 6) is -0.240. The molecule has 0 aromatic heterocycles. The number of benzene rings is 1. The van der Waals surface area contributed by atoms with Crippen molar-refractivity contribution in [3.05, 3.63) is 30.3 Å². The fourth-order valence-corrected chi connectivity index (χ4v) is 6.13. The van der Waals surface area contributed by atoms with Gasteiger partial charge in [0, 0.05) is 6.42 Å². The number of hydrogen-bond donors (Lipinski definition) is 0. The molecule has 0 bridgehead atoms. The van der Waals surface area contributed by atoms with Crippen molar-refractivity contribution in [1.82, 2.24) is 0 Å². The minimum absolute atomic E-state index is 0.240. The van der Waals surface area contributed by atoms with Gasteiger partial charge in [-0.05, 0) is 38.5 Å². The Balaban J connectivity index is 2.16. The molecule has 4 heteroatoms. The van der Waals surface area contributed by atoms with Crippen molar-refractivity contribution < 1.29 is 14.6 Å². The first-order valence-corrected chi connectivity index (χ1v) is 15.1. The fraction of sp³-hybridized carbons (Fsp3) is 0.731. The van der Waals surface area contributed by atoms with Crippen LogP contribution in [0.5, 0.6) is 0 Å². The SMILES string of the molecule is CC(C)(C)CCCCCCCCC(=O)OOC(C)(C)CC[Si](C)(C)c1ccccc1. The minimum atomic E-state index is -1.52. The molecule has 172 valence electrons. The zero-order valence-electron chi connectivity index (χ0n) is 20.7. The van der Waals surface area contributed by atoms with Gasteiger partial charge in [0.1, 0.15) is 5.60 Å². The molecule has 0 saturated carbocycles. The highest BCUT2D eigenvalue weighted by Crippen LogP contribution is 2.24. The maximum Gasteiger partial charge on any atom is 0.342 e. The van der Waals surface area contributed by atoms with E-state index in [-0.39, 0.29) is 5.97 Å². The second kappa shape index (κ2) is 12.7. The molecule has 1 aromatic carbocycles. The smallest absolute Gasteiger partial charge is 0.298 e. The van der Waals surface area contributed by atoms with E-state index >= 15 is 0 Å².